The third-order valence-electron chi connectivity index (χ3n) is 1.43. The molecule has 0 radical (unpaired) electrons. The van der Waals surface area contributed by atoms with Gasteiger partial charge < -0.3 is 11.1 Å². The van der Waals surface area contributed by atoms with Gasteiger partial charge in [-0.15, -0.1) is 0 Å². The second-order valence-corrected chi connectivity index (χ2v) is 2.68. The fraction of sp³-hybridized carbons (Fsp3) is 0.286. The van der Waals surface area contributed by atoms with Crippen LogP contribution in [0.4, 0.5) is 11.8 Å². The summed E-state index contributed by atoms with van der Waals surface area (Å²) < 4.78 is 0. The number of rotatable bonds is 4. The predicted octanol–water partition coefficient (Wildman–Crippen LogP) is -1.03. The Morgan fingerprint density at radius 2 is 2.29 bits per heavy atom. The molecule has 0 bridgehead atoms. The zero-order valence-electron chi connectivity index (χ0n) is 7.74. The lowest BCUT2D eigenvalue weighted by Gasteiger charge is -2.05. The van der Waals surface area contributed by atoms with Gasteiger partial charge in [-0.05, 0) is 6.92 Å². The van der Waals surface area contributed by atoms with E-state index in [-0.39, 0.29) is 12.5 Å². The topological polar surface area (TPSA) is 119 Å². The number of nitrogen functional groups attached to an aromatic ring is 1. The molecule has 0 aliphatic heterocycles. The Bertz CT molecular complexity index is 339. The van der Waals surface area contributed by atoms with Crippen molar-refractivity contribution in [1.82, 2.24) is 9.97 Å². The number of nitrogens with one attached hydrogen (secondary N) is 2. The molecule has 0 saturated carbocycles. The number of carbonyl (C=O) groups is 1. The minimum atomic E-state index is -0.455. The van der Waals surface area contributed by atoms with Crippen LogP contribution in [0.5, 0.6) is 0 Å². The van der Waals surface area contributed by atoms with E-state index in [0.29, 0.717) is 5.82 Å². The van der Waals surface area contributed by atoms with Gasteiger partial charge >= 0.3 is 0 Å². The summed E-state index contributed by atoms with van der Waals surface area (Å²) in [5.41, 5.74) is 8.02. The maximum atomic E-state index is 10.5. The molecular weight excluding hydrogens is 184 g/mol. The SMILES string of the molecule is Cc1cc(NCC(N)=O)nc(NN)n1. The summed E-state index contributed by atoms with van der Waals surface area (Å²) in [5, 5.41) is 2.74. The average Bonchev–Trinajstić information content (AvgIpc) is 2.14. The number of hydrazine groups is 1. The fourth-order valence-corrected chi connectivity index (χ4v) is 0.901. The highest BCUT2D eigenvalue weighted by molar-refractivity contribution is 5.78. The lowest BCUT2D eigenvalue weighted by atomic mass is 10.4. The summed E-state index contributed by atoms with van der Waals surface area (Å²) in [7, 11) is 0. The first-order valence-corrected chi connectivity index (χ1v) is 3.96. The van der Waals surface area contributed by atoms with Gasteiger partial charge in [0.1, 0.15) is 5.82 Å². The Balaban J connectivity index is 2.76. The first-order valence-electron chi connectivity index (χ1n) is 3.96. The van der Waals surface area contributed by atoms with E-state index in [9.17, 15) is 4.79 Å². The van der Waals surface area contributed by atoms with Crippen molar-refractivity contribution in [3.63, 3.8) is 0 Å². The smallest absolute Gasteiger partial charge is 0.239 e. The second-order valence-electron chi connectivity index (χ2n) is 2.68. The predicted molar refractivity (Wildman–Crippen MR) is 52.3 cm³/mol. The number of anilines is 2. The maximum absolute atomic E-state index is 10.5. The largest absolute Gasteiger partial charge is 0.368 e. The zero-order valence-corrected chi connectivity index (χ0v) is 7.74. The van der Waals surface area contributed by atoms with Crippen LogP contribution in [-0.2, 0) is 4.79 Å². The highest BCUT2D eigenvalue weighted by atomic mass is 16.1. The molecule has 1 rings (SSSR count). The number of nitrogens with two attached hydrogens (primary N) is 2. The number of hydrogen-bond acceptors (Lipinski definition) is 6. The molecule has 0 spiro atoms. The average molecular weight is 196 g/mol. The fourth-order valence-electron chi connectivity index (χ4n) is 0.901. The van der Waals surface area contributed by atoms with Crippen molar-refractivity contribution in [1.29, 1.82) is 0 Å². The van der Waals surface area contributed by atoms with Crippen LogP contribution in [-0.4, -0.2) is 22.4 Å². The van der Waals surface area contributed by atoms with Crippen LogP contribution in [0.15, 0.2) is 6.07 Å². The van der Waals surface area contributed by atoms with Crippen LogP contribution in [0.2, 0.25) is 0 Å². The normalized spacial score (nSPS) is 9.57. The van der Waals surface area contributed by atoms with Gasteiger partial charge in [0.25, 0.3) is 0 Å². The van der Waals surface area contributed by atoms with Crippen LogP contribution in [0.25, 0.3) is 0 Å². The molecule has 0 aliphatic carbocycles. The maximum Gasteiger partial charge on any atom is 0.239 e. The highest BCUT2D eigenvalue weighted by Crippen LogP contribution is 2.07. The highest BCUT2D eigenvalue weighted by Gasteiger charge is 2.01. The number of hydrogen-bond donors (Lipinski definition) is 4. The lowest BCUT2D eigenvalue weighted by molar-refractivity contribution is -0.116. The van der Waals surface area contributed by atoms with Crippen LogP contribution in [0.1, 0.15) is 5.69 Å². The summed E-state index contributed by atoms with van der Waals surface area (Å²) in [6, 6.07) is 1.68. The van der Waals surface area contributed by atoms with E-state index >= 15 is 0 Å². The van der Waals surface area contributed by atoms with Gasteiger partial charge in [0.15, 0.2) is 0 Å². The monoisotopic (exact) mass is 196 g/mol. The first kappa shape index (κ1) is 10.2. The summed E-state index contributed by atoms with van der Waals surface area (Å²) in [4.78, 5) is 18.4. The summed E-state index contributed by atoms with van der Waals surface area (Å²) in [6.45, 7) is 1.82. The van der Waals surface area contributed by atoms with Crippen molar-refractivity contribution in [2.24, 2.45) is 11.6 Å². The Kier molecular flexibility index (Phi) is 3.19. The second kappa shape index (κ2) is 4.38. The Morgan fingerprint density at radius 1 is 1.57 bits per heavy atom. The van der Waals surface area contributed by atoms with E-state index in [4.69, 9.17) is 11.6 Å². The van der Waals surface area contributed by atoms with Crippen LogP contribution in [0, 0.1) is 6.92 Å². The molecule has 6 N–H and O–H groups in total. The molecule has 0 unspecified atom stereocenters. The van der Waals surface area contributed by atoms with Crippen molar-refractivity contribution in [2.75, 3.05) is 17.3 Å². The number of carbonyl (C=O) groups excluding carboxylic acids is 1. The molecule has 1 heterocycles. The van der Waals surface area contributed by atoms with Crippen LogP contribution >= 0.6 is 0 Å². The Labute approximate surface area is 80.9 Å². The van der Waals surface area contributed by atoms with E-state index in [0.717, 1.165) is 5.69 Å². The lowest BCUT2D eigenvalue weighted by Crippen LogP contribution is -2.22. The minimum absolute atomic E-state index is 0.0282. The Hall–Kier alpha value is -1.89. The van der Waals surface area contributed by atoms with Crippen molar-refractivity contribution in [3.8, 4) is 0 Å². The standard InChI is InChI=1S/C7H12N6O/c1-4-2-6(10-3-5(8)14)12-7(11-4)13-9/h2H,3,9H2,1H3,(H2,8,14)(H2,10,11,12,13). The van der Waals surface area contributed by atoms with Gasteiger partial charge in [-0.3, -0.25) is 10.2 Å². The van der Waals surface area contributed by atoms with E-state index < -0.39 is 5.91 Å². The van der Waals surface area contributed by atoms with Crippen molar-refractivity contribution >= 4 is 17.7 Å². The molecule has 7 heteroatoms. The van der Waals surface area contributed by atoms with E-state index in [1.807, 2.05) is 0 Å². The molecule has 1 aromatic heterocycles. The molecule has 0 aromatic carbocycles. The number of primary amides is 1. The van der Waals surface area contributed by atoms with Crippen LogP contribution in [0.3, 0.4) is 0 Å². The molecule has 76 valence electrons. The van der Waals surface area contributed by atoms with E-state index in [1.165, 1.54) is 0 Å². The third-order valence-corrected chi connectivity index (χ3v) is 1.43. The molecule has 14 heavy (non-hydrogen) atoms. The van der Waals surface area contributed by atoms with Gasteiger partial charge in [0, 0.05) is 11.8 Å². The Morgan fingerprint density at radius 3 is 2.86 bits per heavy atom. The molecule has 1 aromatic rings. The minimum Gasteiger partial charge on any atom is -0.368 e. The molecule has 0 atom stereocenters. The molecule has 7 nitrogen and oxygen atoms in total. The van der Waals surface area contributed by atoms with Gasteiger partial charge in [-0.1, -0.05) is 0 Å². The van der Waals surface area contributed by atoms with Crippen LogP contribution < -0.4 is 22.3 Å². The zero-order chi connectivity index (χ0) is 10.6. The van der Waals surface area contributed by atoms with Gasteiger partial charge in [-0.2, -0.15) is 4.98 Å². The number of aryl methyl sites for hydroxylation is 1. The van der Waals surface area contributed by atoms with Crippen molar-refractivity contribution < 1.29 is 4.79 Å². The van der Waals surface area contributed by atoms with Gasteiger partial charge in [-0.25, -0.2) is 10.8 Å². The molecule has 1 amide bonds. The molecule has 0 aliphatic rings. The molecule has 0 fully saturated rings. The van der Waals surface area contributed by atoms with Gasteiger partial charge in [0.2, 0.25) is 11.9 Å². The summed E-state index contributed by atoms with van der Waals surface area (Å²) in [5.74, 6) is 5.49. The summed E-state index contributed by atoms with van der Waals surface area (Å²) >= 11 is 0. The van der Waals surface area contributed by atoms with Crippen molar-refractivity contribution in [3.05, 3.63) is 11.8 Å². The molecular formula is C7H12N6O. The van der Waals surface area contributed by atoms with E-state index in [1.54, 1.807) is 13.0 Å². The number of nitrogens with zero attached hydrogens (tertiary/aromatic N) is 2. The number of amides is 1. The number of aromatic nitrogens is 2. The van der Waals surface area contributed by atoms with E-state index in [2.05, 4.69) is 20.7 Å². The summed E-state index contributed by atoms with van der Waals surface area (Å²) in [6.07, 6.45) is 0. The van der Waals surface area contributed by atoms with Gasteiger partial charge in [0.05, 0.1) is 6.54 Å². The quantitative estimate of drug-likeness (QED) is 0.361. The van der Waals surface area contributed by atoms with Crippen molar-refractivity contribution in [2.45, 2.75) is 6.92 Å². The third kappa shape index (κ3) is 2.87. The first-order chi connectivity index (χ1) is 6.61. The molecule has 0 saturated heterocycles.